The number of alkyl halides is 2. The molecule has 1 heterocycles. The van der Waals surface area contributed by atoms with E-state index in [0.29, 0.717) is 11.5 Å². The Bertz CT molecular complexity index is 273. The predicted octanol–water partition coefficient (Wildman–Crippen LogP) is 1.68. The normalized spacial score (nSPS) is 10.5. The first-order valence-corrected chi connectivity index (χ1v) is 3.51. The Labute approximate surface area is 65.2 Å². The summed E-state index contributed by atoms with van der Waals surface area (Å²) in [7, 11) is 0. The zero-order valence-corrected chi connectivity index (χ0v) is 6.36. The number of ketones is 1. The molecule has 0 saturated heterocycles. The molecule has 0 aromatic carbocycles. The van der Waals surface area contributed by atoms with E-state index in [4.69, 9.17) is 0 Å². The largest absolute Gasteiger partial charge is 0.293 e. The van der Waals surface area contributed by atoms with Crippen LogP contribution in [0.4, 0.5) is 8.78 Å². The molecule has 0 aliphatic rings. The van der Waals surface area contributed by atoms with Gasteiger partial charge in [-0.05, 0) is 11.5 Å². The molecular formula is C5H4F2N2OS. The van der Waals surface area contributed by atoms with Gasteiger partial charge in [0, 0.05) is 6.92 Å². The molecule has 0 saturated carbocycles. The van der Waals surface area contributed by atoms with Gasteiger partial charge in [0.15, 0.2) is 11.5 Å². The van der Waals surface area contributed by atoms with Crippen LogP contribution in [0.1, 0.15) is 28.7 Å². The Morgan fingerprint density at radius 1 is 1.64 bits per heavy atom. The maximum Gasteiger partial charge on any atom is 0.283 e. The van der Waals surface area contributed by atoms with E-state index in [1.54, 1.807) is 0 Å². The summed E-state index contributed by atoms with van der Waals surface area (Å²) in [4.78, 5) is 10.6. The molecule has 0 N–H and O–H groups in total. The highest BCUT2D eigenvalue weighted by molar-refractivity contribution is 7.08. The van der Waals surface area contributed by atoms with E-state index in [1.165, 1.54) is 6.92 Å². The molecule has 0 radical (unpaired) electrons. The molecule has 0 aliphatic heterocycles. The van der Waals surface area contributed by atoms with Crippen LogP contribution in [0.2, 0.25) is 0 Å². The molecule has 3 nitrogen and oxygen atoms in total. The third kappa shape index (κ3) is 1.56. The van der Waals surface area contributed by atoms with Crippen LogP contribution in [0, 0.1) is 0 Å². The van der Waals surface area contributed by atoms with Gasteiger partial charge < -0.3 is 0 Å². The van der Waals surface area contributed by atoms with E-state index < -0.39 is 17.9 Å². The van der Waals surface area contributed by atoms with Crippen molar-refractivity contribution in [1.82, 2.24) is 9.59 Å². The zero-order chi connectivity index (χ0) is 8.43. The summed E-state index contributed by atoms with van der Waals surface area (Å²) in [6, 6.07) is 0. The lowest BCUT2D eigenvalue weighted by molar-refractivity contribution is 0.100. The quantitative estimate of drug-likeness (QED) is 0.647. The molecule has 0 amide bonds. The Morgan fingerprint density at radius 2 is 2.27 bits per heavy atom. The number of aromatic nitrogens is 2. The lowest BCUT2D eigenvalue weighted by Gasteiger charge is -1.92. The van der Waals surface area contributed by atoms with Crippen LogP contribution in [0.25, 0.3) is 0 Å². The van der Waals surface area contributed by atoms with Gasteiger partial charge in [0.05, 0.1) is 0 Å². The van der Waals surface area contributed by atoms with E-state index >= 15 is 0 Å². The Hall–Kier alpha value is -0.910. The zero-order valence-electron chi connectivity index (χ0n) is 5.54. The van der Waals surface area contributed by atoms with E-state index in [1.807, 2.05) is 0 Å². The molecule has 0 atom stereocenters. The number of Topliss-reactive ketones (excluding diaryl/α,β-unsaturated/α-hetero) is 1. The van der Waals surface area contributed by atoms with Gasteiger partial charge in [0.1, 0.15) is 4.88 Å². The Balaban J connectivity index is 3.06. The fourth-order valence-electron chi connectivity index (χ4n) is 0.585. The molecule has 0 spiro atoms. The summed E-state index contributed by atoms with van der Waals surface area (Å²) in [5, 5.41) is 3.13. The smallest absolute Gasteiger partial charge is 0.283 e. The lowest BCUT2D eigenvalue weighted by atomic mass is 10.3. The van der Waals surface area contributed by atoms with Gasteiger partial charge in [-0.3, -0.25) is 4.79 Å². The van der Waals surface area contributed by atoms with Crippen LogP contribution in [-0.2, 0) is 0 Å². The van der Waals surface area contributed by atoms with Crippen molar-refractivity contribution >= 4 is 17.3 Å². The van der Waals surface area contributed by atoms with Gasteiger partial charge in [-0.2, -0.15) is 0 Å². The number of hydrogen-bond acceptors (Lipinski definition) is 4. The summed E-state index contributed by atoms with van der Waals surface area (Å²) >= 11 is 0.695. The first-order valence-electron chi connectivity index (χ1n) is 2.74. The first kappa shape index (κ1) is 8.19. The maximum absolute atomic E-state index is 12.0. The van der Waals surface area contributed by atoms with Crippen LogP contribution in [0.5, 0.6) is 0 Å². The predicted molar refractivity (Wildman–Crippen MR) is 34.9 cm³/mol. The van der Waals surface area contributed by atoms with E-state index in [0.717, 1.165) is 0 Å². The molecule has 0 bridgehead atoms. The first-order chi connectivity index (χ1) is 5.13. The molecule has 6 heteroatoms. The Kier molecular flexibility index (Phi) is 2.23. The van der Waals surface area contributed by atoms with E-state index in [9.17, 15) is 13.6 Å². The average Bonchev–Trinajstić information content (AvgIpc) is 2.32. The number of halogens is 2. The van der Waals surface area contributed by atoms with Crippen molar-refractivity contribution in [3.63, 3.8) is 0 Å². The molecule has 1 rings (SSSR count). The molecular weight excluding hydrogens is 174 g/mol. The van der Waals surface area contributed by atoms with Gasteiger partial charge in [0.2, 0.25) is 0 Å². The molecule has 0 aliphatic carbocycles. The van der Waals surface area contributed by atoms with Gasteiger partial charge >= 0.3 is 0 Å². The summed E-state index contributed by atoms with van der Waals surface area (Å²) in [5.41, 5.74) is -0.512. The van der Waals surface area contributed by atoms with Crippen molar-refractivity contribution in [2.45, 2.75) is 13.3 Å². The van der Waals surface area contributed by atoms with Crippen LogP contribution in [0.3, 0.4) is 0 Å². The number of carbonyl (C=O) groups is 1. The Morgan fingerprint density at radius 3 is 2.64 bits per heavy atom. The molecule has 60 valence electrons. The topological polar surface area (TPSA) is 42.9 Å². The lowest BCUT2D eigenvalue weighted by Crippen LogP contribution is -1.95. The molecule has 1 aromatic rings. The molecule has 1 aromatic heterocycles. The van der Waals surface area contributed by atoms with Crippen LogP contribution < -0.4 is 0 Å². The van der Waals surface area contributed by atoms with Crippen molar-refractivity contribution in [3.8, 4) is 0 Å². The van der Waals surface area contributed by atoms with Crippen LogP contribution in [-0.4, -0.2) is 15.4 Å². The van der Waals surface area contributed by atoms with Crippen LogP contribution in [0.15, 0.2) is 0 Å². The molecule has 0 unspecified atom stereocenters. The van der Waals surface area contributed by atoms with E-state index in [-0.39, 0.29) is 4.88 Å². The van der Waals surface area contributed by atoms with Crippen molar-refractivity contribution in [2.24, 2.45) is 0 Å². The minimum Gasteiger partial charge on any atom is -0.293 e. The second kappa shape index (κ2) is 3.00. The number of hydrogen-bond donors (Lipinski definition) is 0. The third-order valence-corrected chi connectivity index (χ3v) is 1.88. The minimum absolute atomic E-state index is 0.0556. The SMILES string of the molecule is CC(=O)c1snnc1C(F)F. The van der Waals surface area contributed by atoms with Crippen molar-refractivity contribution < 1.29 is 13.6 Å². The van der Waals surface area contributed by atoms with Gasteiger partial charge in [-0.25, -0.2) is 8.78 Å². The summed E-state index contributed by atoms with van der Waals surface area (Å²) in [6.45, 7) is 1.21. The van der Waals surface area contributed by atoms with Crippen molar-refractivity contribution in [2.75, 3.05) is 0 Å². The standard InChI is InChI=1S/C5H4F2N2OS/c1-2(10)4-3(5(6)7)8-9-11-4/h5H,1H3. The highest BCUT2D eigenvalue weighted by Crippen LogP contribution is 2.22. The number of rotatable bonds is 2. The van der Waals surface area contributed by atoms with Crippen molar-refractivity contribution in [1.29, 1.82) is 0 Å². The number of nitrogens with zero attached hydrogens (tertiary/aromatic N) is 2. The highest BCUT2D eigenvalue weighted by atomic mass is 32.1. The maximum atomic E-state index is 12.0. The second-order valence-electron chi connectivity index (χ2n) is 1.84. The molecule has 0 fully saturated rings. The second-order valence-corrected chi connectivity index (χ2v) is 2.60. The van der Waals surface area contributed by atoms with Crippen LogP contribution >= 0.6 is 11.5 Å². The summed E-state index contributed by atoms with van der Waals surface area (Å²) < 4.78 is 27.2. The van der Waals surface area contributed by atoms with Gasteiger partial charge in [-0.1, -0.05) is 4.49 Å². The van der Waals surface area contributed by atoms with E-state index in [2.05, 4.69) is 9.59 Å². The molecule has 11 heavy (non-hydrogen) atoms. The van der Waals surface area contributed by atoms with Crippen molar-refractivity contribution in [3.05, 3.63) is 10.6 Å². The van der Waals surface area contributed by atoms with Gasteiger partial charge in [-0.15, -0.1) is 5.10 Å². The average molecular weight is 178 g/mol. The highest BCUT2D eigenvalue weighted by Gasteiger charge is 2.20. The minimum atomic E-state index is -2.72. The fraction of sp³-hybridized carbons (Fsp3) is 0.400. The monoisotopic (exact) mass is 178 g/mol. The third-order valence-electron chi connectivity index (χ3n) is 1.04. The fourth-order valence-corrected chi connectivity index (χ4v) is 1.15. The summed E-state index contributed by atoms with van der Waals surface area (Å²) in [6.07, 6.45) is -2.72. The summed E-state index contributed by atoms with van der Waals surface area (Å²) in [5.74, 6) is -0.421. The van der Waals surface area contributed by atoms with Gasteiger partial charge in [0.25, 0.3) is 6.43 Å². The number of carbonyl (C=O) groups excluding carboxylic acids is 1.